The number of rotatable bonds is 6. The van der Waals surface area contributed by atoms with E-state index in [1.54, 1.807) is 11.3 Å². The van der Waals surface area contributed by atoms with E-state index in [2.05, 4.69) is 11.0 Å². The Hall–Kier alpha value is -0.130. The number of thiophene rings is 1. The van der Waals surface area contributed by atoms with E-state index in [-0.39, 0.29) is 18.7 Å². The van der Waals surface area contributed by atoms with E-state index in [1.807, 2.05) is 13.0 Å². The van der Waals surface area contributed by atoms with Gasteiger partial charge in [0, 0.05) is 23.5 Å². The lowest BCUT2D eigenvalue weighted by Gasteiger charge is -2.37. The molecular weight excluding hydrogens is 280 g/mol. The minimum absolute atomic E-state index is 0.0295. The third-order valence-corrected chi connectivity index (χ3v) is 5.19. The van der Waals surface area contributed by atoms with Crippen molar-refractivity contribution in [2.75, 3.05) is 13.2 Å². The summed E-state index contributed by atoms with van der Waals surface area (Å²) < 4.78 is 0.802. The Morgan fingerprint density at radius 2 is 2.16 bits per heavy atom. The SMILES string of the molecule is CC(N)C(c1ccc(Cl)s1)N(CCO)C1CCCC1. The predicted octanol–water partition coefficient (Wildman–Crippen LogP) is 3.03. The predicted molar refractivity (Wildman–Crippen MR) is 81.8 cm³/mol. The lowest BCUT2D eigenvalue weighted by molar-refractivity contribution is 0.0940. The molecule has 1 aromatic rings. The molecule has 1 aliphatic rings. The topological polar surface area (TPSA) is 49.5 Å². The van der Waals surface area contributed by atoms with Gasteiger partial charge in [-0.25, -0.2) is 0 Å². The summed E-state index contributed by atoms with van der Waals surface area (Å²) in [6.07, 6.45) is 4.98. The standard InChI is InChI=1S/C14H23ClN2OS/c1-10(16)14(12-6-7-13(15)19-12)17(8-9-18)11-4-2-3-5-11/h6-7,10-11,14,18H,2-5,8-9,16H2,1H3. The first-order valence-electron chi connectivity index (χ1n) is 7.01. The van der Waals surface area contributed by atoms with Crippen LogP contribution in [0.4, 0.5) is 0 Å². The van der Waals surface area contributed by atoms with E-state index in [4.69, 9.17) is 17.3 Å². The molecule has 1 heterocycles. The maximum absolute atomic E-state index is 9.37. The summed E-state index contributed by atoms with van der Waals surface area (Å²) >= 11 is 7.66. The molecule has 0 saturated heterocycles. The fourth-order valence-corrected chi connectivity index (χ4v) is 4.41. The molecule has 2 atom stereocenters. The molecule has 2 unspecified atom stereocenters. The highest BCUT2D eigenvalue weighted by atomic mass is 35.5. The second-order valence-corrected chi connectivity index (χ2v) is 7.09. The van der Waals surface area contributed by atoms with Crippen molar-refractivity contribution in [2.45, 2.75) is 50.7 Å². The Kier molecular flexibility index (Phi) is 5.66. The number of aliphatic hydroxyl groups excluding tert-OH is 1. The molecule has 2 rings (SSSR count). The lowest BCUT2D eigenvalue weighted by atomic mass is 10.0. The Morgan fingerprint density at radius 1 is 1.47 bits per heavy atom. The first kappa shape index (κ1) is 15.3. The van der Waals surface area contributed by atoms with Gasteiger partial charge in [0.05, 0.1) is 17.0 Å². The summed E-state index contributed by atoms with van der Waals surface area (Å²) in [5.74, 6) is 0. The van der Waals surface area contributed by atoms with Crippen LogP contribution in [0.2, 0.25) is 4.34 Å². The van der Waals surface area contributed by atoms with E-state index in [0.29, 0.717) is 12.6 Å². The average molecular weight is 303 g/mol. The van der Waals surface area contributed by atoms with Crippen LogP contribution in [0.3, 0.4) is 0 Å². The summed E-state index contributed by atoms with van der Waals surface area (Å²) in [6, 6.07) is 4.74. The Labute approximate surface area is 124 Å². The van der Waals surface area contributed by atoms with Crippen molar-refractivity contribution < 1.29 is 5.11 Å². The van der Waals surface area contributed by atoms with Crippen molar-refractivity contribution in [3.8, 4) is 0 Å². The fourth-order valence-electron chi connectivity index (χ4n) is 3.11. The molecule has 0 bridgehead atoms. The van der Waals surface area contributed by atoms with Gasteiger partial charge in [-0.1, -0.05) is 24.4 Å². The number of aliphatic hydroxyl groups is 1. The monoisotopic (exact) mass is 302 g/mol. The number of nitrogens with zero attached hydrogens (tertiary/aromatic N) is 1. The van der Waals surface area contributed by atoms with Crippen LogP contribution < -0.4 is 5.73 Å². The molecule has 1 saturated carbocycles. The third kappa shape index (κ3) is 3.70. The van der Waals surface area contributed by atoms with Crippen LogP contribution in [0.25, 0.3) is 0 Å². The van der Waals surface area contributed by atoms with E-state index < -0.39 is 0 Å². The van der Waals surface area contributed by atoms with Crippen LogP contribution in [0.5, 0.6) is 0 Å². The first-order chi connectivity index (χ1) is 9.13. The second kappa shape index (κ2) is 7.04. The van der Waals surface area contributed by atoms with Crippen molar-refractivity contribution >= 4 is 22.9 Å². The van der Waals surface area contributed by atoms with Crippen LogP contribution in [0.15, 0.2) is 12.1 Å². The molecule has 3 nitrogen and oxygen atoms in total. The van der Waals surface area contributed by atoms with Gasteiger partial charge in [0.25, 0.3) is 0 Å². The molecule has 0 aliphatic heterocycles. The molecule has 3 N–H and O–H groups in total. The summed E-state index contributed by atoms with van der Waals surface area (Å²) in [5.41, 5.74) is 6.22. The van der Waals surface area contributed by atoms with E-state index in [0.717, 1.165) is 4.34 Å². The van der Waals surface area contributed by atoms with Gasteiger partial charge in [-0.3, -0.25) is 4.90 Å². The zero-order valence-corrected chi connectivity index (χ0v) is 13.0. The largest absolute Gasteiger partial charge is 0.395 e. The van der Waals surface area contributed by atoms with Crippen LogP contribution in [0, 0.1) is 0 Å². The van der Waals surface area contributed by atoms with E-state index in [1.165, 1.54) is 30.6 Å². The number of hydrogen-bond donors (Lipinski definition) is 2. The highest BCUT2D eigenvalue weighted by molar-refractivity contribution is 7.16. The van der Waals surface area contributed by atoms with Crippen molar-refractivity contribution in [3.63, 3.8) is 0 Å². The van der Waals surface area contributed by atoms with Gasteiger partial charge in [0.1, 0.15) is 0 Å². The molecular formula is C14H23ClN2OS. The third-order valence-electron chi connectivity index (χ3n) is 3.89. The normalized spacial score (nSPS) is 20.1. The second-order valence-electron chi connectivity index (χ2n) is 5.35. The number of nitrogens with two attached hydrogens (primary N) is 1. The summed E-state index contributed by atoms with van der Waals surface area (Å²) in [5, 5.41) is 9.37. The van der Waals surface area contributed by atoms with Gasteiger partial charge in [-0.05, 0) is 31.9 Å². The highest BCUT2D eigenvalue weighted by Crippen LogP contribution is 2.36. The molecule has 1 aliphatic carbocycles. The minimum Gasteiger partial charge on any atom is -0.395 e. The Balaban J connectivity index is 2.23. The minimum atomic E-state index is 0.0295. The highest BCUT2D eigenvalue weighted by Gasteiger charge is 2.32. The summed E-state index contributed by atoms with van der Waals surface area (Å²) in [6.45, 7) is 2.91. The smallest absolute Gasteiger partial charge is 0.0931 e. The molecule has 0 radical (unpaired) electrons. The van der Waals surface area contributed by atoms with E-state index in [9.17, 15) is 5.11 Å². The van der Waals surface area contributed by atoms with Crippen LogP contribution in [-0.2, 0) is 0 Å². The molecule has 0 aromatic carbocycles. The van der Waals surface area contributed by atoms with Crippen LogP contribution in [0.1, 0.15) is 43.5 Å². The summed E-state index contributed by atoms with van der Waals surface area (Å²) in [7, 11) is 0. The molecule has 0 amide bonds. The van der Waals surface area contributed by atoms with Crippen molar-refractivity contribution in [1.82, 2.24) is 4.90 Å². The molecule has 0 spiro atoms. The molecule has 19 heavy (non-hydrogen) atoms. The van der Waals surface area contributed by atoms with Gasteiger partial charge < -0.3 is 10.8 Å². The quantitative estimate of drug-likeness (QED) is 0.849. The van der Waals surface area contributed by atoms with Crippen molar-refractivity contribution in [1.29, 1.82) is 0 Å². The Morgan fingerprint density at radius 3 is 2.63 bits per heavy atom. The van der Waals surface area contributed by atoms with Crippen LogP contribution in [-0.4, -0.2) is 35.2 Å². The maximum atomic E-state index is 9.37. The lowest BCUT2D eigenvalue weighted by Crippen LogP contribution is -2.45. The molecule has 1 fully saturated rings. The number of halogens is 1. The van der Waals surface area contributed by atoms with Crippen LogP contribution >= 0.6 is 22.9 Å². The van der Waals surface area contributed by atoms with Gasteiger partial charge >= 0.3 is 0 Å². The molecule has 1 aromatic heterocycles. The zero-order chi connectivity index (χ0) is 13.8. The molecule has 5 heteroatoms. The van der Waals surface area contributed by atoms with Gasteiger partial charge in [0.2, 0.25) is 0 Å². The van der Waals surface area contributed by atoms with E-state index >= 15 is 0 Å². The molecule has 108 valence electrons. The Bertz CT molecular complexity index is 391. The number of hydrogen-bond acceptors (Lipinski definition) is 4. The van der Waals surface area contributed by atoms with Gasteiger partial charge in [0.15, 0.2) is 0 Å². The summed E-state index contributed by atoms with van der Waals surface area (Å²) in [4.78, 5) is 3.60. The average Bonchev–Trinajstić information content (AvgIpc) is 2.99. The van der Waals surface area contributed by atoms with Crippen molar-refractivity contribution in [2.24, 2.45) is 5.73 Å². The zero-order valence-electron chi connectivity index (χ0n) is 11.4. The van der Waals surface area contributed by atoms with Gasteiger partial charge in [-0.15, -0.1) is 11.3 Å². The van der Waals surface area contributed by atoms with Crippen molar-refractivity contribution in [3.05, 3.63) is 21.3 Å². The maximum Gasteiger partial charge on any atom is 0.0931 e. The van der Waals surface area contributed by atoms with Gasteiger partial charge in [-0.2, -0.15) is 0 Å². The first-order valence-corrected chi connectivity index (χ1v) is 8.20. The fraction of sp³-hybridized carbons (Fsp3) is 0.714.